The topological polar surface area (TPSA) is 53.5 Å². The second-order valence-corrected chi connectivity index (χ2v) is 7.65. The summed E-state index contributed by atoms with van der Waals surface area (Å²) in [6.07, 6.45) is 6.92. The van der Waals surface area contributed by atoms with Crippen molar-refractivity contribution in [2.45, 2.75) is 31.7 Å². The summed E-state index contributed by atoms with van der Waals surface area (Å²) in [5.74, 6) is 0.359. The zero-order valence-corrected chi connectivity index (χ0v) is 13.9. The molecular formula is C14H22ClN3O2S. The van der Waals surface area contributed by atoms with E-state index in [-0.39, 0.29) is 6.04 Å². The van der Waals surface area contributed by atoms with Crippen LogP contribution in [0.2, 0.25) is 0 Å². The van der Waals surface area contributed by atoms with E-state index in [4.69, 9.17) is 11.6 Å². The van der Waals surface area contributed by atoms with Crippen LogP contribution in [0.5, 0.6) is 0 Å². The quantitative estimate of drug-likeness (QED) is 0.748. The minimum absolute atomic E-state index is 0.0752. The van der Waals surface area contributed by atoms with Crippen LogP contribution in [0.4, 0.5) is 0 Å². The van der Waals surface area contributed by atoms with Crippen molar-refractivity contribution in [1.29, 1.82) is 0 Å². The molecule has 1 aromatic heterocycles. The van der Waals surface area contributed by atoms with Crippen LogP contribution in [0.3, 0.4) is 0 Å². The fraction of sp³-hybridized carbons (Fsp3) is 0.643. The molecule has 1 saturated heterocycles. The summed E-state index contributed by atoms with van der Waals surface area (Å²) in [6, 6.07) is 3.74. The highest BCUT2D eigenvalue weighted by Gasteiger charge is 2.34. The molecule has 0 aliphatic carbocycles. The molecule has 0 saturated carbocycles. The molecule has 1 fully saturated rings. The van der Waals surface area contributed by atoms with E-state index >= 15 is 0 Å². The minimum atomic E-state index is -3.43. The molecule has 5 nitrogen and oxygen atoms in total. The maximum absolute atomic E-state index is 12.7. The maximum atomic E-state index is 12.7. The number of hydrogen-bond donors (Lipinski definition) is 0. The highest BCUT2D eigenvalue weighted by Crippen LogP contribution is 2.23. The van der Waals surface area contributed by atoms with E-state index in [0.29, 0.717) is 25.4 Å². The first-order valence-corrected chi connectivity index (χ1v) is 9.17. The molecule has 0 spiro atoms. The van der Waals surface area contributed by atoms with Crippen LogP contribution in [0.25, 0.3) is 0 Å². The smallest absolute Gasteiger partial charge is 0.265 e. The number of halogens is 1. The molecule has 0 N–H and O–H groups in total. The number of rotatable bonds is 6. The van der Waals surface area contributed by atoms with E-state index in [1.807, 2.05) is 12.1 Å². The van der Waals surface area contributed by atoms with Gasteiger partial charge in [-0.25, -0.2) is 0 Å². The molecule has 1 unspecified atom stereocenters. The van der Waals surface area contributed by atoms with Crippen LogP contribution in [0, 0.1) is 0 Å². The molecular weight excluding hydrogens is 310 g/mol. The summed E-state index contributed by atoms with van der Waals surface area (Å²) < 4.78 is 28.3. The summed E-state index contributed by atoms with van der Waals surface area (Å²) in [6.45, 7) is 1.02. The van der Waals surface area contributed by atoms with Crippen molar-refractivity contribution in [3.8, 4) is 0 Å². The van der Waals surface area contributed by atoms with Gasteiger partial charge in [0, 0.05) is 44.5 Å². The molecule has 2 heterocycles. The molecule has 0 amide bonds. The van der Waals surface area contributed by atoms with Gasteiger partial charge in [-0.1, -0.05) is 6.42 Å². The Morgan fingerprint density at radius 1 is 1.38 bits per heavy atom. The van der Waals surface area contributed by atoms with Crippen LogP contribution < -0.4 is 0 Å². The van der Waals surface area contributed by atoms with E-state index in [1.165, 1.54) is 4.31 Å². The van der Waals surface area contributed by atoms with E-state index < -0.39 is 10.2 Å². The Bertz CT molecular complexity index is 538. The molecule has 0 bridgehead atoms. The van der Waals surface area contributed by atoms with Gasteiger partial charge in [0.25, 0.3) is 10.2 Å². The number of nitrogens with zero attached hydrogens (tertiary/aromatic N) is 3. The first kappa shape index (κ1) is 16.7. The first-order chi connectivity index (χ1) is 10.1. The lowest BCUT2D eigenvalue weighted by Crippen LogP contribution is -2.50. The zero-order chi connectivity index (χ0) is 15.3. The Morgan fingerprint density at radius 2 is 2.10 bits per heavy atom. The molecule has 1 aromatic rings. The predicted octanol–water partition coefficient (Wildman–Crippen LogP) is 1.89. The summed E-state index contributed by atoms with van der Waals surface area (Å²) in [7, 11) is -1.79. The third kappa shape index (κ3) is 4.16. The van der Waals surface area contributed by atoms with Crippen LogP contribution >= 0.6 is 11.6 Å². The second kappa shape index (κ2) is 7.54. The summed E-state index contributed by atoms with van der Waals surface area (Å²) in [4.78, 5) is 3.96. The largest absolute Gasteiger partial charge is 0.282 e. The molecule has 118 valence electrons. The normalized spacial score (nSPS) is 20.8. The van der Waals surface area contributed by atoms with Crippen molar-refractivity contribution in [1.82, 2.24) is 13.6 Å². The lowest BCUT2D eigenvalue weighted by Gasteiger charge is -2.36. The van der Waals surface area contributed by atoms with Crippen molar-refractivity contribution >= 4 is 21.8 Å². The standard InChI is InChI=1S/C14H22ClN3O2S/c1-17(11-7-13-5-8-16-9-6-13)21(19,20)18-10-3-2-4-14(18)12-15/h5-6,8-9,14H,2-4,7,10-12H2,1H3. The van der Waals surface area contributed by atoms with Crippen molar-refractivity contribution in [2.75, 3.05) is 26.0 Å². The van der Waals surface area contributed by atoms with Crippen LogP contribution in [-0.4, -0.2) is 54.1 Å². The zero-order valence-electron chi connectivity index (χ0n) is 12.3. The third-order valence-corrected chi connectivity index (χ3v) is 6.31. The highest BCUT2D eigenvalue weighted by atomic mass is 35.5. The fourth-order valence-electron chi connectivity index (χ4n) is 2.56. The summed E-state index contributed by atoms with van der Waals surface area (Å²) in [5.41, 5.74) is 1.08. The maximum Gasteiger partial charge on any atom is 0.282 e. The Kier molecular flexibility index (Phi) is 5.98. The monoisotopic (exact) mass is 331 g/mol. The van der Waals surface area contributed by atoms with Crippen molar-refractivity contribution in [2.24, 2.45) is 0 Å². The Morgan fingerprint density at radius 3 is 2.76 bits per heavy atom. The van der Waals surface area contributed by atoms with Crippen molar-refractivity contribution in [3.05, 3.63) is 30.1 Å². The van der Waals surface area contributed by atoms with Crippen LogP contribution in [-0.2, 0) is 16.6 Å². The molecule has 21 heavy (non-hydrogen) atoms. The molecule has 7 heteroatoms. The number of likely N-dealkylation sites (N-methyl/N-ethyl adjacent to an activating group) is 1. The average molecular weight is 332 g/mol. The Labute approximate surface area is 132 Å². The third-order valence-electron chi connectivity index (χ3n) is 3.91. The van der Waals surface area contributed by atoms with Gasteiger partial charge in [-0.3, -0.25) is 4.98 Å². The predicted molar refractivity (Wildman–Crippen MR) is 84.6 cm³/mol. The summed E-state index contributed by atoms with van der Waals surface area (Å²) >= 11 is 5.93. The second-order valence-electron chi connectivity index (χ2n) is 5.35. The lowest BCUT2D eigenvalue weighted by molar-refractivity contribution is 0.253. The van der Waals surface area contributed by atoms with Gasteiger partial charge in [0.2, 0.25) is 0 Å². The fourth-order valence-corrected chi connectivity index (χ4v) is 4.56. The number of pyridine rings is 1. The lowest BCUT2D eigenvalue weighted by atomic mass is 10.1. The van der Waals surface area contributed by atoms with Gasteiger partial charge in [0.1, 0.15) is 0 Å². The molecule has 1 aliphatic rings. The first-order valence-electron chi connectivity index (χ1n) is 7.23. The SMILES string of the molecule is CN(CCc1ccncc1)S(=O)(=O)N1CCCCC1CCl. The Hall–Kier alpha value is -0.690. The van der Waals surface area contributed by atoms with Gasteiger partial charge in [-0.2, -0.15) is 17.0 Å². The Balaban J connectivity index is 2.00. The number of alkyl halides is 1. The van der Waals surface area contributed by atoms with E-state index in [9.17, 15) is 8.42 Å². The van der Waals surface area contributed by atoms with E-state index in [0.717, 1.165) is 24.8 Å². The molecule has 2 rings (SSSR count). The van der Waals surface area contributed by atoms with Crippen LogP contribution in [0.15, 0.2) is 24.5 Å². The molecule has 1 atom stereocenters. The molecule has 0 aromatic carbocycles. The highest BCUT2D eigenvalue weighted by molar-refractivity contribution is 7.86. The van der Waals surface area contributed by atoms with E-state index in [1.54, 1.807) is 23.7 Å². The number of aromatic nitrogens is 1. The van der Waals surface area contributed by atoms with Gasteiger partial charge in [0.15, 0.2) is 0 Å². The average Bonchev–Trinajstić information content (AvgIpc) is 2.53. The van der Waals surface area contributed by atoms with Crippen molar-refractivity contribution in [3.63, 3.8) is 0 Å². The van der Waals surface area contributed by atoms with Gasteiger partial charge in [0.05, 0.1) is 0 Å². The summed E-state index contributed by atoms with van der Waals surface area (Å²) in [5, 5.41) is 0. The van der Waals surface area contributed by atoms with Gasteiger partial charge >= 0.3 is 0 Å². The van der Waals surface area contributed by atoms with Crippen molar-refractivity contribution < 1.29 is 8.42 Å². The number of piperidine rings is 1. The van der Waals surface area contributed by atoms with Gasteiger partial charge < -0.3 is 0 Å². The molecule has 1 aliphatic heterocycles. The van der Waals surface area contributed by atoms with Crippen LogP contribution in [0.1, 0.15) is 24.8 Å². The molecule has 0 radical (unpaired) electrons. The minimum Gasteiger partial charge on any atom is -0.265 e. The number of hydrogen-bond acceptors (Lipinski definition) is 3. The van der Waals surface area contributed by atoms with Gasteiger partial charge in [-0.15, -0.1) is 11.6 Å². The van der Waals surface area contributed by atoms with E-state index in [2.05, 4.69) is 4.98 Å². The van der Waals surface area contributed by atoms with Gasteiger partial charge in [-0.05, 0) is 37.0 Å².